The van der Waals surface area contributed by atoms with Gasteiger partial charge < -0.3 is 4.74 Å². The van der Waals surface area contributed by atoms with Gasteiger partial charge in [-0.25, -0.2) is 0 Å². The molecule has 0 heterocycles. The molecule has 0 amide bonds. The van der Waals surface area contributed by atoms with E-state index in [1.54, 1.807) is 7.11 Å². The summed E-state index contributed by atoms with van der Waals surface area (Å²) < 4.78 is 5.03. The third kappa shape index (κ3) is 2.32. The molecule has 0 aliphatic heterocycles. The molecule has 1 rings (SSSR count). The minimum Gasteiger partial charge on any atom is -0.497 e. The van der Waals surface area contributed by atoms with Gasteiger partial charge in [-0.1, -0.05) is 18.8 Å². The van der Waals surface area contributed by atoms with Gasteiger partial charge in [0.2, 0.25) is 0 Å². The molecule has 62 valence electrons. The first kappa shape index (κ1) is 8.67. The molecule has 0 saturated heterocycles. The van der Waals surface area contributed by atoms with Crippen LogP contribution in [-0.4, -0.2) is 7.11 Å². The van der Waals surface area contributed by atoms with Crippen molar-refractivity contribution < 1.29 is 4.74 Å². The summed E-state index contributed by atoms with van der Waals surface area (Å²) in [7, 11) is 1.66. The van der Waals surface area contributed by atoms with Gasteiger partial charge in [0.05, 0.1) is 7.11 Å². The van der Waals surface area contributed by atoms with E-state index < -0.39 is 0 Å². The lowest BCUT2D eigenvalue weighted by Gasteiger charge is -1.97. The Labute approximate surface area is 73.4 Å². The Morgan fingerprint density at radius 1 is 1.25 bits per heavy atom. The van der Waals surface area contributed by atoms with Crippen molar-refractivity contribution in [2.24, 2.45) is 0 Å². The van der Waals surface area contributed by atoms with Crippen molar-refractivity contribution in [3.8, 4) is 17.6 Å². The molecule has 0 bridgehead atoms. The molecule has 1 aromatic rings. The van der Waals surface area contributed by atoms with Crippen LogP contribution in [-0.2, 0) is 0 Å². The van der Waals surface area contributed by atoms with Crippen molar-refractivity contribution in [3.05, 3.63) is 29.8 Å². The van der Waals surface area contributed by atoms with Gasteiger partial charge in [0.15, 0.2) is 0 Å². The Balaban J connectivity index is 2.78. The second-order valence-electron chi connectivity index (χ2n) is 2.38. The molecule has 0 spiro atoms. The number of benzene rings is 1. The van der Waals surface area contributed by atoms with Crippen LogP contribution in [0.1, 0.15) is 18.9 Å². The minimum atomic E-state index is 0.872. The minimum absolute atomic E-state index is 0.872. The van der Waals surface area contributed by atoms with Crippen LogP contribution in [0.15, 0.2) is 24.3 Å². The molecule has 0 unspecified atom stereocenters. The summed E-state index contributed by atoms with van der Waals surface area (Å²) in [4.78, 5) is 0. The monoisotopic (exact) mass is 160 g/mol. The summed E-state index contributed by atoms with van der Waals surface area (Å²) in [5.41, 5.74) is 1.04. The first-order chi connectivity index (χ1) is 5.86. The van der Waals surface area contributed by atoms with Crippen LogP contribution in [0.2, 0.25) is 0 Å². The highest BCUT2D eigenvalue weighted by molar-refractivity contribution is 5.38. The third-order valence-electron chi connectivity index (χ3n) is 1.50. The van der Waals surface area contributed by atoms with E-state index in [1.165, 1.54) is 0 Å². The second-order valence-corrected chi connectivity index (χ2v) is 2.38. The number of rotatable bonds is 1. The lowest BCUT2D eigenvalue weighted by atomic mass is 10.2. The first-order valence-corrected chi connectivity index (χ1v) is 3.99. The average Bonchev–Trinajstić information content (AvgIpc) is 2.15. The molecule has 0 atom stereocenters. The van der Waals surface area contributed by atoms with Crippen molar-refractivity contribution in [2.45, 2.75) is 13.3 Å². The molecule has 0 fully saturated rings. The molecule has 12 heavy (non-hydrogen) atoms. The lowest BCUT2D eigenvalue weighted by Crippen LogP contribution is -1.81. The van der Waals surface area contributed by atoms with Gasteiger partial charge >= 0.3 is 0 Å². The number of ether oxygens (including phenoxy) is 1. The maximum atomic E-state index is 5.03. The summed E-state index contributed by atoms with van der Waals surface area (Å²) >= 11 is 0. The SMILES string of the molecule is CCC#Cc1ccc(OC)cc1. The van der Waals surface area contributed by atoms with Crippen LogP contribution >= 0.6 is 0 Å². The van der Waals surface area contributed by atoms with Crippen molar-refractivity contribution >= 4 is 0 Å². The molecule has 0 aliphatic rings. The maximum Gasteiger partial charge on any atom is 0.118 e. The summed E-state index contributed by atoms with van der Waals surface area (Å²) in [5, 5.41) is 0. The fourth-order valence-electron chi connectivity index (χ4n) is 0.865. The quantitative estimate of drug-likeness (QED) is 0.573. The van der Waals surface area contributed by atoms with E-state index in [0.29, 0.717) is 0 Å². The van der Waals surface area contributed by atoms with E-state index in [0.717, 1.165) is 17.7 Å². The van der Waals surface area contributed by atoms with E-state index in [4.69, 9.17) is 4.74 Å². The molecule has 0 aliphatic carbocycles. The maximum absolute atomic E-state index is 5.03. The smallest absolute Gasteiger partial charge is 0.118 e. The van der Waals surface area contributed by atoms with E-state index in [-0.39, 0.29) is 0 Å². The highest BCUT2D eigenvalue weighted by Gasteiger charge is 1.88. The predicted molar refractivity (Wildman–Crippen MR) is 50.2 cm³/mol. The molecule has 1 aromatic carbocycles. The number of hydrogen-bond acceptors (Lipinski definition) is 1. The van der Waals surface area contributed by atoms with Gasteiger partial charge in [0, 0.05) is 12.0 Å². The van der Waals surface area contributed by atoms with E-state index >= 15 is 0 Å². The average molecular weight is 160 g/mol. The summed E-state index contributed by atoms with van der Waals surface area (Å²) in [6, 6.07) is 7.75. The highest BCUT2D eigenvalue weighted by atomic mass is 16.5. The van der Waals surface area contributed by atoms with Gasteiger partial charge in [-0.15, -0.1) is 0 Å². The zero-order valence-corrected chi connectivity index (χ0v) is 7.42. The van der Waals surface area contributed by atoms with Crippen LogP contribution in [0.5, 0.6) is 5.75 Å². The zero-order valence-electron chi connectivity index (χ0n) is 7.42. The molecule has 0 N–H and O–H groups in total. The van der Waals surface area contributed by atoms with Crippen molar-refractivity contribution in [3.63, 3.8) is 0 Å². The second kappa shape index (κ2) is 4.46. The van der Waals surface area contributed by atoms with Crippen molar-refractivity contribution in [1.82, 2.24) is 0 Å². The van der Waals surface area contributed by atoms with Crippen LogP contribution < -0.4 is 4.74 Å². The van der Waals surface area contributed by atoms with Crippen molar-refractivity contribution in [2.75, 3.05) is 7.11 Å². The number of hydrogen-bond donors (Lipinski definition) is 0. The Hall–Kier alpha value is -1.42. The zero-order chi connectivity index (χ0) is 8.81. The molecule has 0 aromatic heterocycles. The topological polar surface area (TPSA) is 9.23 Å². The van der Waals surface area contributed by atoms with Gasteiger partial charge in [-0.3, -0.25) is 0 Å². The molecular formula is C11H12O. The molecule has 1 heteroatoms. The van der Waals surface area contributed by atoms with Crippen molar-refractivity contribution in [1.29, 1.82) is 0 Å². The summed E-state index contributed by atoms with van der Waals surface area (Å²) in [6.07, 6.45) is 0.895. The first-order valence-electron chi connectivity index (χ1n) is 3.99. The van der Waals surface area contributed by atoms with Gasteiger partial charge in [0.25, 0.3) is 0 Å². The van der Waals surface area contributed by atoms with E-state index in [9.17, 15) is 0 Å². The summed E-state index contributed by atoms with van der Waals surface area (Å²) in [6.45, 7) is 2.04. The molecule has 1 nitrogen and oxygen atoms in total. The molecule has 0 saturated carbocycles. The molecular weight excluding hydrogens is 148 g/mol. The third-order valence-corrected chi connectivity index (χ3v) is 1.50. The largest absolute Gasteiger partial charge is 0.497 e. The van der Waals surface area contributed by atoms with Gasteiger partial charge in [0.1, 0.15) is 5.75 Å². The van der Waals surface area contributed by atoms with Crippen LogP contribution in [0.3, 0.4) is 0 Å². The lowest BCUT2D eigenvalue weighted by molar-refractivity contribution is 0.415. The normalized spacial score (nSPS) is 8.50. The van der Waals surface area contributed by atoms with E-state index in [2.05, 4.69) is 11.8 Å². The van der Waals surface area contributed by atoms with Crippen LogP contribution in [0.4, 0.5) is 0 Å². The van der Waals surface area contributed by atoms with E-state index in [1.807, 2.05) is 31.2 Å². The fourth-order valence-corrected chi connectivity index (χ4v) is 0.865. The Bertz CT molecular complexity index is 287. The fraction of sp³-hybridized carbons (Fsp3) is 0.273. The Morgan fingerprint density at radius 2 is 1.92 bits per heavy atom. The highest BCUT2D eigenvalue weighted by Crippen LogP contribution is 2.09. The van der Waals surface area contributed by atoms with Crippen LogP contribution in [0.25, 0.3) is 0 Å². The summed E-state index contributed by atoms with van der Waals surface area (Å²) in [5.74, 6) is 6.92. The molecule has 0 radical (unpaired) electrons. The Kier molecular flexibility index (Phi) is 3.22. The van der Waals surface area contributed by atoms with Crippen LogP contribution in [0, 0.1) is 11.8 Å². The van der Waals surface area contributed by atoms with Gasteiger partial charge in [-0.2, -0.15) is 0 Å². The van der Waals surface area contributed by atoms with Gasteiger partial charge in [-0.05, 0) is 24.3 Å². The number of methoxy groups -OCH3 is 1. The Morgan fingerprint density at radius 3 is 2.42 bits per heavy atom. The standard InChI is InChI=1S/C11H12O/c1-3-4-5-10-6-8-11(12-2)9-7-10/h6-9H,3H2,1-2H3. The predicted octanol–water partition coefficient (Wildman–Crippen LogP) is 2.46.